The fraction of sp³-hybridized carbons (Fsp3) is 0.929. The van der Waals surface area contributed by atoms with E-state index in [0.717, 1.165) is 19.4 Å². The summed E-state index contributed by atoms with van der Waals surface area (Å²) in [5, 5.41) is 0. The molecule has 0 aliphatic rings. The van der Waals surface area contributed by atoms with Crippen molar-refractivity contribution in [1.82, 2.24) is 4.90 Å². The molecule has 3 unspecified atom stereocenters. The number of carbonyl (C=O) groups is 1. The minimum Gasteiger partial charge on any atom is -0.338 e. The Hall–Kier alpha value is -0.570. The van der Waals surface area contributed by atoms with Crippen LogP contribution in [0, 0.1) is 11.8 Å². The van der Waals surface area contributed by atoms with E-state index in [-0.39, 0.29) is 23.9 Å². The van der Waals surface area contributed by atoms with Crippen LogP contribution in [0.4, 0.5) is 0 Å². The molecule has 17 heavy (non-hydrogen) atoms. The fourth-order valence-corrected chi connectivity index (χ4v) is 1.79. The van der Waals surface area contributed by atoms with Crippen molar-refractivity contribution in [3.63, 3.8) is 0 Å². The molecule has 3 nitrogen and oxygen atoms in total. The molecule has 0 saturated carbocycles. The lowest BCUT2D eigenvalue weighted by Crippen LogP contribution is -2.51. The van der Waals surface area contributed by atoms with Crippen LogP contribution < -0.4 is 5.73 Å². The Morgan fingerprint density at radius 3 is 2.00 bits per heavy atom. The molecule has 0 aromatic rings. The molecule has 0 aliphatic carbocycles. The number of carbonyl (C=O) groups excluding carboxylic acids is 1. The predicted octanol–water partition coefficient (Wildman–Crippen LogP) is 2.64. The van der Waals surface area contributed by atoms with Crippen LogP contribution in [-0.4, -0.2) is 29.4 Å². The molecule has 0 aromatic heterocycles. The van der Waals surface area contributed by atoms with Gasteiger partial charge >= 0.3 is 0 Å². The molecule has 0 aliphatic heterocycles. The lowest BCUT2D eigenvalue weighted by Gasteiger charge is -2.33. The van der Waals surface area contributed by atoms with Crippen molar-refractivity contribution in [2.75, 3.05) is 6.54 Å². The summed E-state index contributed by atoms with van der Waals surface area (Å²) in [4.78, 5) is 14.3. The molecule has 102 valence electrons. The van der Waals surface area contributed by atoms with E-state index < -0.39 is 0 Å². The molecule has 2 N–H and O–H groups in total. The van der Waals surface area contributed by atoms with Gasteiger partial charge in [-0.05, 0) is 25.2 Å². The Labute approximate surface area is 107 Å². The zero-order chi connectivity index (χ0) is 13.6. The van der Waals surface area contributed by atoms with Crippen molar-refractivity contribution in [3.8, 4) is 0 Å². The van der Waals surface area contributed by atoms with Crippen LogP contribution in [0.1, 0.15) is 54.4 Å². The molecule has 0 fully saturated rings. The van der Waals surface area contributed by atoms with Gasteiger partial charge in [0, 0.05) is 12.6 Å². The Morgan fingerprint density at radius 1 is 1.12 bits per heavy atom. The highest BCUT2D eigenvalue weighted by Gasteiger charge is 2.27. The number of amides is 1. The molecular formula is C14H30N2O. The maximum atomic E-state index is 12.4. The third kappa shape index (κ3) is 5.07. The first-order valence-corrected chi connectivity index (χ1v) is 6.91. The van der Waals surface area contributed by atoms with Gasteiger partial charge in [-0.15, -0.1) is 0 Å². The second-order valence-electron chi connectivity index (χ2n) is 5.55. The van der Waals surface area contributed by atoms with Crippen LogP contribution >= 0.6 is 0 Å². The maximum Gasteiger partial charge on any atom is 0.240 e. The van der Waals surface area contributed by atoms with Gasteiger partial charge in [-0.1, -0.05) is 41.0 Å². The van der Waals surface area contributed by atoms with Crippen molar-refractivity contribution in [1.29, 1.82) is 0 Å². The van der Waals surface area contributed by atoms with Gasteiger partial charge in [0.2, 0.25) is 5.91 Å². The quantitative estimate of drug-likeness (QED) is 0.746. The highest BCUT2D eigenvalue weighted by atomic mass is 16.2. The standard InChI is InChI=1S/C14H30N2O/c1-7-11(5)13(15)14(17)16(9-10(3)4)12(6)8-2/h10-13H,7-9,15H2,1-6H3. The number of hydrogen-bond donors (Lipinski definition) is 1. The molecule has 0 bridgehead atoms. The average molecular weight is 242 g/mol. The van der Waals surface area contributed by atoms with Crippen molar-refractivity contribution < 1.29 is 4.79 Å². The largest absolute Gasteiger partial charge is 0.338 e. The van der Waals surface area contributed by atoms with E-state index in [4.69, 9.17) is 5.73 Å². The van der Waals surface area contributed by atoms with E-state index in [2.05, 4.69) is 34.6 Å². The summed E-state index contributed by atoms with van der Waals surface area (Å²) in [5.41, 5.74) is 6.05. The average Bonchev–Trinajstić information content (AvgIpc) is 2.31. The van der Waals surface area contributed by atoms with Crippen LogP contribution in [0.2, 0.25) is 0 Å². The van der Waals surface area contributed by atoms with Crippen molar-refractivity contribution in [3.05, 3.63) is 0 Å². The molecular weight excluding hydrogens is 212 g/mol. The summed E-state index contributed by atoms with van der Waals surface area (Å²) in [6.07, 6.45) is 1.93. The van der Waals surface area contributed by atoms with E-state index in [1.807, 2.05) is 11.8 Å². The minimum atomic E-state index is -0.354. The molecule has 0 heterocycles. The van der Waals surface area contributed by atoms with E-state index in [9.17, 15) is 4.79 Å². The van der Waals surface area contributed by atoms with E-state index >= 15 is 0 Å². The maximum absolute atomic E-state index is 12.4. The highest BCUT2D eigenvalue weighted by molar-refractivity contribution is 5.82. The molecule has 0 spiro atoms. The molecule has 0 saturated heterocycles. The molecule has 1 amide bonds. The highest BCUT2D eigenvalue weighted by Crippen LogP contribution is 2.14. The number of nitrogens with zero attached hydrogens (tertiary/aromatic N) is 1. The topological polar surface area (TPSA) is 46.3 Å². The van der Waals surface area contributed by atoms with Gasteiger partial charge in [-0.25, -0.2) is 0 Å². The van der Waals surface area contributed by atoms with E-state index in [0.29, 0.717) is 5.92 Å². The van der Waals surface area contributed by atoms with Crippen molar-refractivity contribution >= 4 is 5.91 Å². The zero-order valence-corrected chi connectivity index (χ0v) is 12.4. The number of nitrogens with two attached hydrogens (primary N) is 1. The van der Waals surface area contributed by atoms with Gasteiger partial charge in [0.25, 0.3) is 0 Å². The van der Waals surface area contributed by atoms with Gasteiger partial charge in [0.05, 0.1) is 6.04 Å². The lowest BCUT2D eigenvalue weighted by molar-refractivity contribution is -0.136. The zero-order valence-electron chi connectivity index (χ0n) is 12.4. The summed E-state index contributed by atoms with van der Waals surface area (Å²) in [5.74, 6) is 0.848. The summed E-state index contributed by atoms with van der Waals surface area (Å²) < 4.78 is 0. The summed E-state index contributed by atoms with van der Waals surface area (Å²) in [6, 6.07) is -0.0762. The van der Waals surface area contributed by atoms with Gasteiger partial charge in [0.15, 0.2) is 0 Å². The van der Waals surface area contributed by atoms with Crippen LogP contribution in [0.15, 0.2) is 0 Å². The molecule has 3 atom stereocenters. The van der Waals surface area contributed by atoms with Crippen LogP contribution in [0.5, 0.6) is 0 Å². The lowest BCUT2D eigenvalue weighted by atomic mass is 9.97. The second-order valence-corrected chi connectivity index (χ2v) is 5.55. The predicted molar refractivity (Wildman–Crippen MR) is 73.7 cm³/mol. The van der Waals surface area contributed by atoms with Crippen molar-refractivity contribution in [2.24, 2.45) is 17.6 Å². The van der Waals surface area contributed by atoms with Crippen LogP contribution in [0.25, 0.3) is 0 Å². The third-order valence-electron chi connectivity index (χ3n) is 3.51. The van der Waals surface area contributed by atoms with E-state index in [1.165, 1.54) is 0 Å². The van der Waals surface area contributed by atoms with Crippen LogP contribution in [-0.2, 0) is 4.79 Å². The summed E-state index contributed by atoms with van der Waals surface area (Å²) >= 11 is 0. The summed E-state index contributed by atoms with van der Waals surface area (Å²) in [6.45, 7) is 13.4. The monoisotopic (exact) mass is 242 g/mol. The first-order chi connectivity index (χ1) is 7.84. The first kappa shape index (κ1) is 16.4. The number of rotatable bonds is 7. The van der Waals surface area contributed by atoms with E-state index in [1.54, 1.807) is 0 Å². The van der Waals surface area contributed by atoms with Gasteiger partial charge in [-0.2, -0.15) is 0 Å². The van der Waals surface area contributed by atoms with Gasteiger partial charge in [0.1, 0.15) is 0 Å². The van der Waals surface area contributed by atoms with Gasteiger partial charge < -0.3 is 10.6 Å². The fourth-order valence-electron chi connectivity index (χ4n) is 1.79. The second kappa shape index (κ2) is 7.70. The first-order valence-electron chi connectivity index (χ1n) is 6.91. The molecule has 0 aromatic carbocycles. The minimum absolute atomic E-state index is 0.113. The number of hydrogen-bond acceptors (Lipinski definition) is 2. The molecule has 0 rings (SSSR count). The SMILES string of the molecule is CCC(C)C(N)C(=O)N(CC(C)C)C(C)CC. The Balaban J connectivity index is 4.73. The summed E-state index contributed by atoms with van der Waals surface area (Å²) in [7, 11) is 0. The van der Waals surface area contributed by atoms with Crippen molar-refractivity contribution in [2.45, 2.75) is 66.5 Å². The van der Waals surface area contributed by atoms with Crippen LogP contribution in [0.3, 0.4) is 0 Å². The normalized spacial score (nSPS) is 16.7. The molecule has 0 radical (unpaired) electrons. The Morgan fingerprint density at radius 2 is 1.65 bits per heavy atom. The molecule has 3 heteroatoms. The third-order valence-corrected chi connectivity index (χ3v) is 3.51. The van der Waals surface area contributed by atoms with Gasteiger partial charge in [-0.3, -0.25) is 4.79 Å². The Bertz CT molecular complexity index is 228. The Kier molecular flexibility index (Phi) is 7.44. The smallest absolute Gasteiger partial charge is 0.240 e.